The van der Waals surface area contributed by atoms with Crippen molar-refractivity contribution < 1.29 is 14.3 Å². The molecule has 0 spiro atoms. The van der Waals surface area contributed by atoms with Gasteiger partial charge in [0.15, 0.2) is 0 Å². The lowest BCUT2D eigenvalue weighted by Gasteiger charge is -2.22. The van der Waals surface area contributed by atoms with Crippen LogP contribution >= 0.6 is 0 Å². The molecule has 1 atom stereocenters. The first-order valence-corrected chi connectivity index (χ1v) is 7.19. The number of aromatic nitrogens is 1. The summed E-state index contributed by atoms with van der Waals surface area (Å²) in [7, 11) is 0. The number of esters is 1. The molecule has 0 bridgehead atoms. The number of pyridine rings is 1. The van der Waals surface area contributed by atoms with E-state index in [1.54, 1.807) is 0 Å². The quantitative estimate of drug-likeness (QED) is 0.797. The first-order valence-electron chi connectivity index (χ1n) is 7.19. The molecule has 2 heterocycles. The summed E-state index contributed by atoms with van der Waals surface area (Å²) in [5.41, 5.74) is 2.19. The van der Waals surface area contributed by atoms with Crippen LogP contribution in [-0.2, 0) is 14.9 Å². The second-order valence-electron chi connectivity index (χ2n) is 6.16. The summed E-state index contributed by atoms with van der Waals surface area (Å²) in [4.78, 5) is 16.8. The summed E-state index contributed by atoms with van der Waals surface area (Å²) >= 11 is 0. The van der Waals surface area contributed by atoms with Gasteiger partial charge in [-0.1, -0.05) is 20.8 Å². The Kier molecular flexibility index (Phi) is 4.43. The van der Waals surface area contributed by atoms with Gasteiger partial charge in [0.25, 0.3) is 0 Å². The second kappa shape index (κ2) is 5.92. The molecule has 110 valence electrons. The molecule has 1 fully saturated rings. The molecule has 1 aromatic rings. The maximum Gasteiger partial charge on any atom is 0.339 e. The summed E-state index contributed by atoms with van der Waals surface area (Å²) in [6.07, 6.45) is 0.995. The van der Waals surface area contributed by atoms with E-state index in [2.05, 4.69) is 20.8 Å². The van der Waals surface area contributed by atoms with E-state index in [0.29, 0.717) is 18.1 Å². The minimum Gasteiger partial charge on any atom is -0.462 e. The molecule has 4 heteroatoms. The zero-order valence-electron chi connectivity index (χ0n) is 12.7. The van der Waals surface area contributed by atoms with Gasteiger partial charge in [-0.05, 0) is 25.5 Å². The maximum atomic E-state index is 12.1. The van der Waals surface area contributed by atoms with E-state index in [-0.39, 0.29) is 11.4 Å². The summed E-state index contributed by atoms with van der Waals surface area (Å²) in [6.45, 7) is 9.88. The van der Waals surface area contributed by atoms with Crippen LogP contribution in [0.4, 0.5) is 0 Å². The standard InChI is InChI=1S/C16H23NO3/c1-5-20-15(18)12-6-7-13(11-8-9-19-10-11)17-14(12)16(2,3)4/h6-7,11H,5,8-10H2,1-4H3. The molecule has 1 aliphatic heterocycles. The number of nitrogens with zero attached hydrogens (tertiary/aromatic N) is 1. The van der Waals surface area contributed by atoms with Gasteiger partial charge < -0.3 is 9.47 Å². The van der Waals surface area contributed by atoms with Crippen LogP contribution in [0.5, 0.6) is 0 Å². The van der Waals surface area contributed by atoms with E-state index in [0.717, 1.165) is 31.0 Å². The van der Waals surface area contributed by atoms with Crippen LogP contribution in [0.1, 0.15) is 61.8 Å². The summed E-state index contributed by atoms with van der Waals surface area (Å²) < 4.78 is 10.5. The van der Waals surface area contributed by atoms with Gasteiger partial charge in [0.1, 0.15) is 0 Å². The molecule has 0 aliphatic carbocycles. The summed E-state index contributed by atoms with van der Waals surface area (Å²) in [6, 6.07) is 3.78. The molecule has 0 radical (unpaired) electrons. The van der Waals surface area contributed by atoms with E-state index >= 15 is 0 Å². The molecule has 4 nitrogen and oxygen atoms in total. The average molecular weight is 277 g/mol. The van der Waals surface area contributed by atoms with E-state index in [4.69, 9.17) is 14.5 Å². The van der Waals surface area contributed by atoms with Crippen molar-refractivity contribution in [1.29, 1.82) is 0 Å². The highest BCUT2D eigenvalue weighted by atomic mass is 16.5. The Balaban J connectivity index is 2.40. The Morgan fingerprint density at radius 2 is 2.20 bits per heavy atom. The molecule has 0 amide bonds. The van der Waals surface area contributed by atoms with Crippen LogP contribution in [0.15, 0.2) is 12.1 Å². The van der Waals surface area contributed by atoms with Gasteiger partial charge in [-0.15, -0.1) is 0 Å². The van der Waals surface area contributed by atoms with Gasteiger partial charge in [-0.2, -0.15) is 0 Å². The minimum atomic E-state index is -0.292. The Hall–Kier alpha value is -1.42. The van der Waals surface area contributed by atoms with Gasteiger partial charge in [0.05, 0.1) is 24.5 Å². The fourth-order valence-electron chi connectivity index (χ4n) is 2.41. The van der Waals surface area contributed by atoms with E-state index in [9.17, 15) is 4.79 Å². The molecule has 0 N–H and O–H groups in total. The lowest BCUT2D eigenvalue weighted by atomic mass is 9.87. The van der Waals surface area contributed by atoms with Crippen LogP contribution < -0.4 is 0 Å². The normalized spacial score (nSPS) is 19.1. The minimum absolute atomic E-state index is 0.197. The molecule has 20 heavy (non-hydrogen) atoms. The van der Waals surface area contributed by atoms with Crippen molar-refractivity contribution in [3.05, 3.63) is 29.1 Å². The zero-order chi connectivity index (χ0) is 14.8. The van der Waals surface area contributed by atoms with Crippen molar-refractivity contribution in [2.45, 2.75) is 45.4 Å². The molecule has 0 saturated carbocycles. The van der Waals surface area contributed by atoms with Crippen LogP contribution in [-0.4, -0.2) is 30.8 Å². The summed E-state index contributed by atoms with van der Waals surface area (Å²) in [5, 5.41) is 0. The van der Waals surface area contributed by atoms with Crippen molar-refractivity contribution >= 4 is 5.97 Å². The van der Waals surface area contributed by atoms with E-state index in [1.165, 1.54) is 0 Å². The maximum absolute atomic E-state index is 12.1. The third kappa shape index (κ3) is 3.18. The highest BCUT2D eigenvalue weighted by Crippen LogP contribution is 2.29. The van der Waals surface area contributed by atoms with Crippen molar-refractivity contribution in [3.63, 3.8) is 0 Å². The molecular weight excluding hydrogens is 254 g/mol. The number of ether oxygens (including phenoxy) is 2. The Morgan fingerprint density at radius 3 is 2.75 bits per heavy atom. The van der Waals surface area contributed by atoms with Gasteiger partial charge in [0.2, 0.25) is 0 Å². The van der Waals surface area contributed by atoms with Crippen LogP contribution in [0.3, 0.4) is 0 Å². The Morgan fingerprint density at radius 1 is 1.45 bits per heavy atom. The largest absolute Gasteiger partial charge is 0.462 e. The lowest BCUT2D eigenvalue weighted by molar-refractivity contribution is 0.0522. The third-order valence-corrected chi connectivity index (χ3v) is 3.47. The number of hydrogen-bond donors (Lipinski definition) is 0. The van der Waals surface area contributed by atoms with Crippen molar-refractivity contribution in [2.24, 2.45) is 0 Å². The van der Waals surface area contributed by atoms with Crippen molar-refractivity contribution in [1.82, 2.24) is 4.98 Å². The van der Waals surface area contributed by atoms with Crippen LogP contribution in [0.25, 0.3) is 0 Å². The Bertz CT molecular complexity index is 485. The first kappa shape index (κ1) is 15.0. The fraction of sp³-hybridized carbons (Fsp3) is 0.625. The SMILES string of the molecule is CCOC(=O)c1ccc(C2CCOC2)nc1C(C)(C)C. The number of carbonyl (C=O) groups excluding carboxylic acids is 1. The Labute approximate surface area is 120 Å². The van der Waals surface area contributed by atoms with Crippen LogP contribution in [0, 0.1) is 0 Å². The van der Waals surface area contributed by atoms with E-state index < -0.39 is 0 Å². The zero-order valence-corrected chi connectivity index (χ0v) is 12.7. The molecule has 1 aromatic heterocycles. The topological polar surface area (TPSA) is 48.4 Å². The van der Waals surface area contributed by atoms with Crippen molar-refractivity contribution in [2.75, 3.05) is 19.8 Å². The van der Waals surface area contributed by atoms with Gasteiger partial charge in [-0.25, -0.2) is 4.79 Å². The number of hydrogen-bond acceptors (Lipinski definition) is 4. The summed E-state index contributed by atoms with van der Waals surface area (Å²) in [5.74, 6) is 0.0477. The highest BCUT2D eigenvalue weighted by molar-refractivity contribution is 5.91. The van der Waals surface area contributed by atoms with Gasteiger partial charge in [0, 0.05) is 23.6 Å². The molecule has 1 saturated heterocycles. The first-order chi connectivity index (χ1) is 9.43. The number of rotatable bonds is 3. The molecule has 1 unspecified atom stereocenters. The van der Waals surface area contributed by atoms with Gasteiger partial charge >= 0.3 is 5.97 Å². The molecule has 1 aliphatic rings. The predicted octanol–water partition coefficient (Wildman–Crippen LogP) is 3.06. The van der Waals surface area contributed by atoms with Crippen LogP contribution in [0.2, 0.25) is 0 Å². The third-order valence-electron chi connectivity index (χ3n) is 3.47. The monoisotopic (exact) mass is 277 g/mol. The highest BCUT2D eigenvalue weighted by Gasteiger charge is 2.27. The van der Waals surface area contributed by atoms with E-state index in [1.807, 2.05) is 19.1 Å². The lowest BCUT2D eigenvalue weighted by Crippen LogP contribution is -2.22. The second-order valence-corrected chi connectivity index (χ2v) is 6.16. The van der Waals surface area contributed by atoms with Gasteiger partial charge in [-0.3, -0.25) is 4.98 Å². The molecular formula is C16H23NO3. The van der Waals surface area contributed by atoms with Crippen molar-refractivity contribution in [3.8, 4) is 0 Å². The smallest absolute Gasteiger partial charge is 0.339 e. The predicted molar refractivity (Wildman–Crippen MR) is 77.1 cm³/mol. The molecule has 2 rings (SSSR count). The number of carbonyl (C=O) groups is 1. The molecule has 0 aromatic carbocycles. The average Bonchev–Trinajstić information content (AvgIpc) is 2.91. The fourth-order valence-corrected chi connectivity index (χ4v) is 2.41.